The van der Waals surface area contributed by atoms with Crippen LogP contribution in [0.3, 0.4) is 0 Å². The van der Waals surface area contributed by atoms with Gasteiger partial charge < -0.3 is 13.7 Å². The van der Waals surface area contributed by atoms with Gasteiger partial charge in [-0.15, -0.1) is 0 Å². The van der Waals surface area contributed by atoms with Crippen molar-refractivity contribution in [2.75, 3.05) is 0 Å². The Kier molecular flexibility index (Phi) is 5.43. The van der Waals surface area contributed by atoms with Crippen molar-refractivity contribution in [3.8, 4) is 11.4 Å². The first-order chi connectivity index (χ1) is 22.8. The van der Waals surface area contributed by atoms with Crippen LogP contribution in [0.15, 0.2) is 168 Å². The van der Waals surface area contributed by atoms with E-state index in [1.165, 1.54) is 26.3 Å². The number of furan rings is 1. The van der Waals surface area contributed by atoms with Crippen molar-refractivity contribution in [1.82, 2.24) is 4.57 Å². The van der Waals surface area contributed by atoms with Gasteiger partial charge in [0.1, 0.15) is 23.0 Å². The first kappa shape index (κ1) is 25.7. The van der Waals surface area contributed by atoms with E-state index in [1.807, 2.05) is 12.1 Å². The lowest BCUT2D eigenvalue weighted by molar-refractivity contribution is 0.249. The number of benzene rings is 6. The average molecular weight is 608 g/mol. The number of ether oxygens (including phenoxy) is 1. The zero-order chi connectivity index (χ0) is 30.2. The van der Waals surface area contributed by atoms with Gasteiger partial charge in [-0.25, -0.2) is 0 Å². The maximum Gasteiger partial charge on any atom is 0.163 e. The van der Waals surface area contributed by atoms with Crippen LogP contribution in [-0.2, 0) is 0 Å². The van der Waals surface area contributed by atoms with E-state index in [0.29, 0.717) is 0 Å². The molecule has 8 aromatic rings. The smallest absolute Gasteiger partial charge is 0.163 e. The van der Waals surface area contributed by atoms with Gasteiger partial charge in [-0.1, -0.05) is 121 Å². The van der Waals surface area contributed by atoms with Gasteiger partial charge in [0, 0.05) is 32.8 Å². The second-order valence-corrected chi connectivity index (χ2v) is 16.4. The van der Waals surface area contributed by atoms with Gasteiger partial charge in [-0.05, 0) is 58.0 Å². The Hall–Kier alpha value is -5.58. The molecule has 3 heterocycles. The van der Waals surface area contributed by atoms with E-state index in [1.54, 1.807) is 0 Å². The molecule has 2 unspecified atom stereocenters. The molecule has 4 heteroatoms. The van der Waals surface area contributed by atoms with Crippen LogP contribution in [0, 0.1) is 0 Å². The zero-order valence-electron chi connectivity index (χ0n) is 25.0. The second kappa shape index (κ2) is 9.71. The number of para-hydroxylation sites is 2. The Morgan fingerprint density at radius 3 is 2.02 bits per heavy atom. The molecular formula is C42H29NO2Si. The van der Waals surface area contributed by atoms with Crippen LogP contribution in [0.4, 0.5) is 0 Å². The molecule has 0 radical (unpaired) electrons. The minimum absolute atomic E-state index is 0.0639. The molecule has 0 N–H and O–H groups in total. The van der Waals surface area contributed by atoms with Gasteiger partial charge in [0.05, 0.1) is 11.0 Å². The van der Waals surface area contributed by atoms with Crippen molar-refractivity contribution in [2.45, 2.75) is 11.6 Å². The fourth-order valence-corrected chi connectivity index (χ4v) is 13.7. The van der Waals surface area contributed by atoms with Crippen LogP contribution < -0.4 is 20.3 Å². The molecule has 6 aromatic carbocycles. The maximum atomic E-state index is 7.19. The monoisotopic (exact) mass is 607 g/mol. The summed E-state index contributed by atoms with van der Waals surface area (Å²) >= 11 is 0. The van der Waals surface area contributed by atoms with Crippen LogP contribution in [-0.4, -0.2) is 18.7 Å². The summed E-state index contributed by atoms with van der Waals surface area (Å²) in [7, 11) is -2.63. The number of rotatable bonds is 3. The molecule has 0 spiro atoms. The summed E-state index contributed by atoms with van der Waals surface area (Å²) in [4.78, 5) is 0. The summed E-state index contributed by atoms with van der Waals surface area (Å²) in [5.41, 5.74) is 5.44. The molecule has 2 atom stereocenters. The summed E-state index contributed by atoms with van der Waals surface area (Å²) < 4.78 is 15.8. The summed E-state index contributed by atoms with van der Waals surface area (Å²) in [5.74, 6) is 1.02. The molecule has 10 rings (SSSR count). The van der Waals surface area contributed by atoms with Gasteiger partial charge in [0.15, 0.2) is 8.07 Å². The summed E-state index contributed by atoms with van der Waals surface area (Å²) in [5, 5.41) is 8.76. The maximum absolute atomic E-state index is 7.19. The van der Waals surface area contributed by atoms with E-state index in [2.05, 4.69) is 156 Å². The fraction of sp³-hybridized carbons (Fsp3) is 0.0476. The van der Waals surface area contributed by atoms with Crippen LogP contribution in [0.2, 0.25) is 5.54 Å². The largest absolute Gasteiger partial charge is 0.485 e. The van der Waals surface area contributed by atoms with Gasteiger partial charge in [-0.3, -0.25) is 0 Å². The van der Waals surface area contributed by atoms with Crippen molar-refractivity contribution < 1.29 is 9.15 Å². The van der Waals surface area contributed by atoms with E-state index in [0.717, 1.165) is 44.4 Å². The molecule has 0 amide bonds. The van der Waals surface area contributed by atoms with Crippen LogP contribution in [0.5, 0.6) is 5.75 Å². The highest BCUT2D eigenvalue weighted by Crippen LogP contribution is 2.45. The Morgan fingerprint density at radius 1 is 0.543 bits per heavy atom. The van der Waals surface area contributed by atoms with Gasteiger partial charge in [-0.2, -0.15) is 0 Å². The van der Waals surface area contributed by atoms with Crippen LogP contribution >= 0.6 is 0 Å². The molecule has 2 aromatic heterocycles. The molecule has 2 aliphatic rings. The average Bonchev–Trinajstić information content (AvgIpc) is 3.67. The summed E-state index contributed by atoms with van der Waals surface area (Å²) in [6.07, 6.45) is 8.96. The second-order valence-electron chi connectivity index (χ2n) is 12.4. The Bertz CT molecular complexity index is 2480. The normalized spacial score (nSPS) is 18.2. The van der Waals surface area contributed by atoms with Crippen molar-refractivity contribution in [3.63, 3.8) is 0 Å². The number of allylic oxidation sites excluding steroid dienone is 2. The molecule has 3 nitrogen and oxygen atoms in total. The lowest BCUT2D eigenvalue weighted by Gasteiger charge is -2.47. The molecule has 0 fully saturated rings. The molecular weight excluding hydrogens is 579 g/mol. The molecule has 0 bridgehead atoms. The number of fused-ring (bicyclic) bond motifs is 9. The summed E-state index contributed by atoms with van der Waals surface area (Å²) in [6.45, 7) is 0. The van der Waals surface area contributed by atoms with Crippen molar-refractivity contribution in [2.24, 2.45) is 0 Å². The third kappa shape index (κ3) is 3.42. The lowest BCUT2D eigenvalue weighted by Crippen LogP contribution is -2.73. The van der Waals surface area contributed by atoms with Gasteiger partial charge in [0.25, 0.3) is 0 Å². The lowest BCUT2D eigenvalue weighted by atomic mass is 10.1. The first-order valence-electron chi connectivity index (χ1n) is 15.9. The zero-order valence-corrected chi connectivity index (χ0v) is 26.0. The highest BCUT2D eigenvalue weighted by molar-refractivity contribution is 7.13. The number of hydrogen-bond acceptors (Lipinski definition) is 2. The number of aromatic nitrogens is 1. The molecule has 1 aliphatic heterocycles. The predicted octanol–water partition coefficient (Wildman–Crippen LogP) is 8.41. The number of hydrogen-bond donors (Lipinski definition) is 0. The third-order valence-corrected chi connectivity index (χ3v) is 15.4. The van der Waals surface area contributed by atoms with Gasteiger partial charge in [0.2, 0.25) is 0 Å². The predicted molar refractivity (Wildman–Crippen MR) is 192 cm³/mol. The quantitative estimate of drug-likeness (QED) is 0.189. The molecule has 218 valence electrons. The third-order valence-electron chi connectivity index (χ3n) is 10.1. The fourth-order valence-electron chi connectivity index (χ4n) is 8.26. The van der Waals surface area contributed by atoms with E-state index in [9.17, 15) is 0 Å². The van der Waals surface area contributed by atoms with E-state index in [4.69, 9.17) is 9.15 Å². The topological polar surface area (TPSA) is 27.3 Å². The van der Waals surface area contributed by atoms with Crippen molar-refractivity contribution in [3.05, 3.63) is 164 Å². The SMILES string of the molecule is C1=CC2Oc3c(ccc4c3c3ccccc3n4-c3ccc4oc5ccccc5c4c3)[Si](c3ccccc3)(c3ccccc3)C2C=C1. The first-order valence-corrected chi connectivity index (χ1v) is 18.0. The highest BCUT2D eigenvalue weighted by atomic mass is 28.3. The highest BCUT2D eigenvalue weighted by Gasteiger charge is 2.54. The van der Waals surface area contributed by atoms with Crippen LogP contribution in [0.1, 0.15) is 0 Å². The summed E-state index contributed by atoms with van der Waals surface area (Å²) in [6, 6.07) is 50.7. The molecule has 1 aliphatic carbocycles. The number of nitrogens with zero attached hydrogens (tertiary/aromatic N) is 1. The Morgan fingerprint density at radius 2 is 1.22 bits per heavy atom. The van der Waals surface area contributed by atoms with E-state index < -0.39 is 8.07 Å². The van der Waals surface area contributed by atoms with Crippen molar-refractivity contribution in [1.29, 1.82) is 0 Å². The minimum Gasteiger partial charge on any atom is -0.485 e. The standard InChI is InChI=1S/C42H29NO2Si/c1-3-13-29(14-4-1)46(30-15-5-2-6-16-30)39-22-12-11-21-38(39)45-42-40(46)26-24-35-41(42)32-18-7-9-19-34(32)43(35)28-23-25-37-33(27-28)31-17-8-10-20-36(31)44-37/h1-27,38-39H. The molecule has 0 saturated heterocycles. The Balaban J connectivity index is 1.32. The molecule has 46 heavy (non-hydrogen) atoms. The Labute approximate surface area is 267 Å². The van der Waals surface area contributed by atoms with Gasteiger partial charge >= 0.3 is 0 Å². The molecule has 0 saturated carbocycles. The van der Waals surface area contributed by atoms with E-state index in [-0.39, 0.29) is 11.6 Å². The minimum atomic E-state index is -2.63. The van der Waals surface area contributed by atoms with Crippen LogP contribution in [0.25, 0.3) is 49.4 Å². The van der Waals surface area contributed by atoms with E-state index >= 15 is 0 Å². The van der Waals surface area contributed by atoms with Crippen molar-refractivity contribution >= 4 is 67.4 Å².